The topological polar surface area (TPSA) is 54.5 Å². The van der Waals surface area contributed by atoms with E-state index < -0.39 is 22.0 Å². The quantitative estimate of drug-likeness (QED) is 0.589. The van der Waals surface area contributed by atoms with E-state index in [0.29, 0.717) is 19.4 Å². The molecule has 0 spiro atoms. The molecule has 1 heterocycles. The summed E-state index contributed by atoms with van der Waals surface area (Å²) in [6.07, 6.45) is 2.93. The number of fused-ring (bicyclic) bond motifs is 3. The first-order chi connectivity index (χ1) is 11.3. The third-order valence-corrected chi connectivity index (χ3v) is 7.26. The molecule has 1 amide bonds. The van der Waals surface area contributed by atoms with Crippen LogP contribution in [0.3, 0.4) is 0 Å². The maximum atomic E-state index is 13.6. The Labute approximate surface area is 142 Å². The number of benzene rings is 1. The predicted molar refractivity (Wildman–Crippen MR) is 90.7 cm³/mol. The molecule has 1 aromatic carbocycles. The average Bonchev–Trinajstić information content (AvgIpc) is 2.85. The number of nitrogens with zero attached hydrogens (tertiary/aromatic N) is 1. The van der Waals surface area contributed by atoms with Crippen LogP contribution in [-0.4, -0.2) is 24.0 Å². The van der Waals surface area contributed by atoms with Crippen LogP contribution in [0, 0.1) is 16.2 Å². The van der Waals surface area contributed by atoms with E-state index in [1.165, 1.54) is 0 Å². The molecule has 0 N–H and O–H groups in total. The van der Waals surface area contributed by atoms with Crippen molar-refractivity contribution in [3.05, 3.63) is 29.8 Å². The van der Waals surface area contributed by atoms with Crippen LogP contribution < -0.4 is 4.90 Å². The first-order valence-corrected chi connectivity index (χ1v) is 8.76. The first kappa shape index (κ1) is 15.6. The lowest BCUT2D eigenvalue weighted by Gasteiger charge is -2.41. The summed E-state index contributed by atoms with van der Waals surface area (Å²) in [5.74, 6) is -0.981. The summed E-state index contributed by atoms with van der Waals surface area (Å²) >= 11 is 0. The number of anilines is 1. The van der Waals surface area contributed by atoms with Gasteiger partial charge in [-0.2, -0.15) is 0 Å². The Balaban J connectivity index is 1.84. The summed E-state index contributed by atoms with van der Waals surface area (Å²) in [6, 6.07) is 7.89. The molecule has 1 aromatic rings. The molecule has 0 unspecified atom stereocenters. The molecule has 2 atom stereocenters. The van der Waals surface area contributed by atoms with Gasteiger partial charge in [0.15, 0.2) is 0 Å². The van der Waals surface area contributed by atoms with Crippen molar-refractivity contribution >= 4 is 23.2 Å². The van der Waals surface area contributed by atoms with Crippen LogP contribution in [0.5, 0.6) is 0 Å². The molecule has 4 heteroatoms. The van der Waals surface area contributed by atoms with Crippen molar-refractivity contribution in [2.45, 2.75) is 46.5 Å². The lowest BCUT2D eigenvalue weighted by molar-refractivity contribution is -0.148. The van der Waals surface area contributed by atoms with Gasteiger partial charge in [0.1, 0.15) is 5.41 Å². The molecule has 1 aliphatic heterocycles. The Hall–Kier alpha value is -1.97. The second-order valence-electron chi connectivity index (χ2n) is 8.21. The average molecular weight is 325 g/mol. The molecule has 0 aromatic heterocycles. The molecule has 0 radical (unpaired) electrons. The summed E-state index contributed by atoms with van der Waals surface area (Å²) in [4.78, 5) is 40.9. The zero-order chi connectivity index (χ0) is 17.3. The number of aryl methyl sites for hydroxylation is 1. The van der Waals surface area contributed by atoms with Gasteiger partial charge in [-0.05, 0) is 42.7 Å². The molecule has 4 nitrogen and oxygen atoms in total. The minimum absolute atomic E-state index is 0.167. The maximum Gasteiger partial charge on any atom is 0.241 e. The summed E-state index contributed by atoms with van der Waals surface area (Å²) in [5, 5.41) is 0. The fraction of sp³-hybridized carbons (Fsp3) is 0.550. The number of para-hydroxylation sites is 1. The molecular weight excluding hydrogens is 302 g/mol. The summed E-state index contributed by atoms with van der Waals surface area (Å²) in [5.41, 5.74) is -0.501. The molecule has 3 aliphatic rings. The molecule has 2 aliphatic carbocycles. The molecule has 2 saturated carbocycles. The fourth-order valence-electron chi connectivity index (χ4n) is 5.22. The van der Waals surface area contributed by atoms with Crippen LogP contribution in [0.15, 0.2) is 24.3 Å². The fourth-order valence-corrected chi connectivity index (χ4v) is 5.22. The lowest BCUT2D eigenvalue weighted by Crippen LogP contribution is -2.53. The highest BCUT2D eigenvalue weighted by molar-refractivity contribution is 6.49. The van der Waals surface area contributed by atoms with Gasteiger partial charge in [-0.25, -0.2) is 0 Å². The van der Waals surface area contributed by atoms with E-state index in [-0.39, 0.29) is 11.7 Å². The van der Waals surface area contributed by atoms with Gasteiger partial charge in [0, 0.05) is 17.6 Å². The van der Waals surface area contributed by atoms with Gasteiger partial charge >= 0.3 is 0 Å². The lowest BCUT2D eigenvalue weighted by atomic mass is 9.64. The summed E-state index contributed by atoms with van der Waals surface area (Å²) in [7, 11) is 0. The molecule has 24 heavy (non-hydrogen) atoms. The van der Waals surface area contributed by atoms with Crippen molar-refractivity contribution in [2.24, 2.45) is 16.2 Å². The van der Waals surface area contributed by atoms with Gasteiger partial charge in [-0.1, -0.05) is 39.0 Å². The van der Waals surface area contributed by atoms with Crippen molar-refractivity contribution in [3.63, 3.8) is 0 Å². The van der Waals surface area contributed by atoms with Crippen LogP contribution in [0.2, 0.25) is 0 Å². The maximum absolute atomic E-state index is 13.6. The Morgan fingerprint density at radius 3 is 2.42 bits per heavy atom. The van der Waals surface area contributed by atoms with E-state index in [9.17, 15) is 14.4 Å². The second kappa shape index (κ2) is 4.56. The molecule has 2 fully saturated rings. The molecule has 2 bridgehead atoms. The van der Waals surface area contributed by atoms with Crippen molar-refractivity contribution < 1.29 is 14.4 Å². The van der Waals surface area contributed by atoms with E-state index in [1.54, 1.807) is 4.90 Å². The standard InChI is InChI=1S/C20H23NO3/c1-18(2)19(3)10-11-20(18,16(23)15(19)22)17(24)21-12-6-8-13-7-4-5-9-14(13)21/h4-5,7,9H,6,8,10-12H2,1-3H3/t19-,20+/m0/s1. The zero-order valence-corrected chi connectivity index (χ0v) is 14.5. The first-order valence-electron chi connectivity index (χ1n) is 8.76. The zero-order valence-electron chi connectivity index (χ0n) is 14.5. The van der Waals surface area contributed by atoms with Crippen molar-refractivity contribution in [2.75, 3.05) is 11.4 Å². The van der Waals surface area contributed by atoms with Gasteiger partial charge in [-0.15, -0.1) is 0 Å². The number of hydrogen-bond donors (Lipinski definition) is 0. The molecule has 4 rings (SSSR count). The Kier molecular flexibility index (Phi) is 2.95. The number of amides is 1. The van der Waals surface area contributed by atoms with Crippen LogP contribution in [0.1, 0.15) is 45.6 Å². The number of rotatable bonds is 1. The number of carbonyl (C=O) groups excluding carboxylic acids is 3. The Morgan fingerprint density at radius 2 is 1.75 bits per heavy atom. The van der Waals surface area contributed by atoms with Crippen LogP contribution in [0.25, 0.3) is 0 Å². The number of Topliss-reactive ketones (excluding diaryl/α,β-unsaturated/α-hetero) is 2. The summed E-state index contributed by atoms with van der Waals surface area (Å²) < 4.78 is 0. The van der Waals surface area contributed by atoms with E-state index in [0.717, 1.165) is 24.1 Å². The van der Waals surface area contributed by atoms with Crippen LogP contribution in [0.4, 0.5) is 5.69 Å². The van der Waals surface area contributed by atoms with E-state index in [4.69, 9.17) is 0 Å². The highest BCUT2D eigenvalue weighted by Gasteiger charge is 2.78. The second-order valence-corrected chi connectivity index (χ2v) is 8.21. The van der Waals surface area contributed by atoms with E-state index in [2.05, 4.69) is 0 Å². The molecule has 126 valence electrons. The Bertz CT molecular complexity index is 781. The molecular formula is C20H23NO3. The largest absolute Gasteiger partial charge is 0.311 e. The number of hydrogen-bond acceptors (Lipinski definition) is 3. The SMILES string of the molecule is CC1(C)[C@]2(C(=O)N3CCCc4ccccc43)CC[C@@]1(C)C(=O)C2=O. The normalized spacial score (nSPS) is 33.7. The van der Waals surface area contributed by atoms with Gasteiger partial charge in [0.05, 0.1) is 0 Å². The predicted octanol–water partition coefficient (Wildman–Crippen LogP) is 2.93. The van der Waals surface area contributed by atoms with Crippen LogP contribution >= 0.6 is 0 Å². The van der Waals surface area contributed by atoms with E-state index in [1.807, 2.05) is 45.0 Å². The van der Waals surface area contributed by atoms with Gasteiger partial charge in [0.25, 0.3) is 0 Å². The highest BCUT2D eigenvalue weighted by atomic mass is 16.2. The molecule has 0 saturated heterocycles. The third-order valence-electron chi connectivity index (χ3n) is 7.26. The van der Waals surface area contributed by atoms with Crippen molar-refractivity contribution in [1.82, 2.24) is 0 Å². The minimum atomic E-state index is -1.19. The van der Waals surface area contributed by atoms with Crippen molar-refractivity contribution in [3.8, 4) is 0 Å². The highest BCUT2D eigenvalue weighted by Crippen LogP contribution is 2.69. The number of carbonyl (C=O) groups is 3. The van der Waals surface area contributed by atoms with Gasteiger partial charge in [-0.3, -0.25) is 14.4 Å². The van der Waals surface area contributed by atoms with Crippen LogP contribution in [-0.2, 0) is 20.8 Å². The van der Waals surface area contributed by atoms with Gasteiger partial charge in [0.2, 0.25) is 17.5 Å². The summed E-state index contributed by atoms with van der Waals surface area (Å²) in [6.45, 7) is 6.33. The smallest absolute Gasteiger partial charge is 0.241 e. The third kappa shape index (κ3) is 1.48. The number of ketones is 2. The Morgan fingerprint density at radius 1 is 1.04 bits per heavy atom. The minimum Gasteiger partial charge on any atom is -0.311 e. The van der Waals surface area contributed by atoms with E-state index >= 15 is 0 Å². The monoisotopic (exact) mass is 325 g/mol. The van der Waals surface area contributed by atoms with Crippen molar-refractivity contribution in [1.29, 1.82) is 0 Å². The van der Waals surface area contributed by atoms with Gasteiger partial charge < -0.3 is 4.90 Å².